The minimum atomic E-state index is -0.565. The fourth-order valence-corrected chi connectivity index (χ4v) is 10.8. The Bertz CT molecular complexity index is 1230. The summed E-state index contributed by atoms with van der Waals surface area (Å²) in [6, 6.07) is 0. The molecule has 5 aliphatic carbocycles. The predicted octanol–water partition coefficient (Wildman–Crippen LogP) is 5.81. The van der Waals surface area contributed by atoms with Gasteiger partial charge in [0.25, 0.3) is 0 Å². The molecule has 1 aromatic heterocycles. The van der Waals surface area contributed by atoms with E-state index >= 15 is 0 Å². The van der Waals surface area contributed by atoms with E-state index in [9.17, 15) is 14.7 Å². The highest BCUT2D eigenvalue weighted by atomic mass is 16.5. The molecule has 8 atom stereocenters. The van der Waals surface area contributed by atoms with E-state index in [2.05, 4.69) is 46.7 Å². The molecule has 3 saturated carbocycles. The Morgan fingerprint density at radius 1 is 1.11 bits per heavy atom. The number of esters is 1. The second-order valence-electron chi connectivity index (χ2n) is 15.3. The molecule has 6 heteroatoms. The van der Waals surface area contributed by atoms with Gasteiger partial charge in [-0.1, -0.05) is 45.3 Å². The first-order chi connectivity index (χ1) is 17.7. The molecule has 0 aliphatic heterocycles. The number of nitrogens with zero attached hydrogens (tertiary/aromatic N) is 1. The molecular weight excluding hydrogens is 478 g/mol. The molecule has 0 saturated heterocycles. The highest BCUT2D eigenvalue weighted by molar-refractivity contribution is 5.96. The van der Waals surface area contributed by atoms with Crippen LogP contribution in [0.5, 0.6) is 0 Å². The van der Waals surface area contributed by atoms with Crippen molar-refractivity contribution in [1.29, 1.82) is 0 Å². The number of aliphatic hydroxyl groups excluding tert-OH is 1. The Balaban J connectivity index is 1.51. The second-order valence-corrected chi connectivity index (χ2v) is 15.3. The van der Waals surface area contributed by atoms with Crippen LogP contribution in [0, 0.1) is 44.8 Å². The molecule has 208 valence electrons. The molecule has 0 amide bonds. The van der Waals surface area contributed by atoms with Crippen LogP contribution in [0.15, 0.2) is 22.4 Å². The molecule has 0 spiro atoms. The van der Waals surface area contributed by atoms with Crippen molar-refractivity contribution in [3.8, 4) is 0 Å². The third-order valence-electron chi connectivity index (χ3n) is 13.1. The van der Waals surface area contributed by atoms with Crippen LogP contribution in [0.4, 0.5) is 0 Å². The maximum atomic E-state index is 14.5. The lowest BCUT2D eigenvalue weighted by atomic mass is 9.34. The smallest absolute Gasteiger partial charge is 0.312 e. The molecule has 38 heavy (non-hydrogen) atoms. The van der Waals surface area contributed by atoms with Crippen LogP contribution in [0.25, 0.3) is 0 Å². The zero-order valence-electron chi connectivity index (χ0n) is 24.3. The Kier molecular flexibility index (Phi) is 5.41. The van der Waals surface area contributed by atoms with Crippen molar-refractivity contribution in [2.75, 3.05) is 13.7 Å². The van der Waals surface area contributed by atoms with Crippen molar-refractivity contribution in [1.82, 2.24) is 5.16 Å². The number of aliphatic hydroxyl groups is 1. The molecule has 5 aliphatic rings. The van der Waals surface area contributed by atoms with Crippen molar-refractivity contribution in [3.63, 3.8) is 0 Å². The third-order valence-corrected chi connectivity index (χ3v) is 13.1. The number of ether oxygens (including phenoxy) is 1. The number of hydrogen-bond donors (Lipinski definition) is 1. The SMILES string of the molecule is COC(=O)[C@]12CCC(C)(C)C[C@H]1[C@H]1C(=O)C=C3[C@@]4(C)Cc5cnoc5[C@@](C)(CO)[C@@H]4CC[C@@]3(C)[C@]1(C)CC2. The summed E-state index contributed by atoms with van der Waals surface area (Å²) in [4.78, 5) is 27.9. The summed E-state index contributed by atoms with van der Waals surface area (Å²) in [5.41, 5.74) is 0.576. The van der Waals surface area contributed by atoms with Gasteiger partial charge in [-0.3, -0.25) is 9.59 Å². The number of rotatable bonds is 2. The fourth-order valence-electron chi connectivity index (χ4n) is 10.8. The molecule has 3 fully saturated rings. The van der Waals surface area contributed by atoms with Crippen molar-refractivity contribution in [2.45, 2.75) is 98.3 Å². The van der Waals surface area contributed by atoms with Gasteiger partial charge in [-0.05, 0) is 97.9 Å². The summed E-state index contributed by atoms with van der Waals surface area (Å²) in [6.07, 6.45) is 10.8. The maximum absolute atomic E-state index is 14.5. The Morgan fingerprint density at radius 2 is 1.82 bits per heavy atom. The predicted molar refractivity (Wildman–Crippen MR) is 143 cm³/mol. The van der Waals surface area contributed by atoms with Crippen LogP contribution in [0.1, 0.15) is 97.8 Å². The van der Waals surface area contributed by atoms with E-state index in [1.54, 1.807) is 0 Å². The first-order valence-electron chi connectivity index (χ1n) is 14.6. The molecular formula is C32H45NO5. The number of aromatic nitrogens is 1. The van der Waals surface area contributed by atoms with E-state index in [-0.39, 0.29) is 57.8 Å². The van der Waals surface area contributed by atoms with Gasteiger partial charge in [-0.25, -0.2) is 0 Å². The normalized spacial score (nSPS) is 47.0. The second kappa shape index (κ2) is 7.83. The molecule has 1 aromatic rings. The molecule has 0 unspecified atom stereocenters. The van der Waals surface area contributed by atoms with E-state index < -0.39 is 10.8 Å². The van der Waals surface area contributed by atoms with Gasteiger partial charge in [0.1, 0.15) is 5.76 Å². The quantitative estimate of drug-likeness (QED) is 0.492. The number of methoxy groups -OCH3 is 1. The standard InChI is InChI=1S/C32H45NO5/c1-27(2)10-12-32(26(36)37-7)13-11-31(6)24(20(32)16-27)21(35)14-23-28(3)15-19-17-33-38-25(19)29(4,18-34)22(28)8-9-30(23,31)5/h14,17,20,22,24,34H,8-13,15-16,18H2,1-7H3/t20-,22+,24-,28-,29-,30+,31+,32-/m0/s1. The number of carbonyl (C=O) groups is 2. The summed E-state index contributed by atoms with van der Waals surface area (Å²) >= 11 is 0. The van der Waals surface area contributed by atoms with E-state index in [1.807, 2.05) is 12.3 Å². The minimum absolute atomic E-state index is 0.00785. The molecule has 1 heterocycles. The van der Waals surface area contributed by atoms with Crippen molar-refractivity contribution in [2.24, 2.45) is 44.8 Å². The molecule has 0 bridgehead atoms. The monoisotopic (exact) mass is 523 g/mol. The summed E-state index contributed by atoms with van der Waals surface area (Å²) in [5, 5.41) is 14.8. The average Bonchev–Trinajstić information content (AvgIpc) is 3.33. The average molecular weight is 524 g/mol. The van der Waals surface area contributed by atoms with Crippen LogP contribution < -0.4 is 0 Å². The number of carbonyl (C=O) groups excluding carboxylic acids is 2. The van der Waals surface area contributed by atoms with Gasteiger partial charge in [-0.2, -0.15) is 0 Å². The minimum Gasteiger partial charge on any atom is -0.469 e. The zero-order valence-corrected chi connectivity index (χ0v) is 24.3. The largest absolute Gasteiger partial charge is 0.469 e. The van der Waals surface area contributed by atoms with Gasteiger partial charge in [0.2, 0.25) is 0 Å². The maximum Gasteiger partial charge on any atom is 0.312 e. The number of allylic oxidation sites excluding steroid dienone is 2. The van der Waals surface area contributed by atoms with Crippen LogP contribution in [0.2, 0.25) is 0 Å². The van der Waals surface area contributed by atoms with Gasteiger partial charge in [0.15, 0.2) is 5.78 Å². The third kappa shape index (κ3) is 2.96. The molecule has 0 aromatic carbocycles. The van der Waals surface area contributed by atoms with Gasteiger partial charge >= 0.3 is 5.97 Å². The highest BCUT2D eigenvalue weighted by Crippen LogP contribution is 2.74. The molecule has 6 rings (SSSR count). The van der Waals surface area contributed by atoms with E-state index in [4.69, 9.17) is 9.26 Å². The zero-order chi connectivity index (χ0) is 27.5. The molecule has 1 N–H and O–H groups in total. The van der Waals surface area contributed by atoms with Gasteiger partial charge in [0.05, 0.1) is 30.7 Å². The lowest BCUT2D eigenvalue weighted by molar-refractivity contribution is -0.191. The summed E-state index contributed by atoms with van der Waals surface area (Å²) < 4.78 is 11.2. The fraction of sp³-hybridized carbons (Fsp3) is 0.781. The van der Waals surface area contributed by atoms with Crippen molar-refractivity contribution in [3.05, 3.63) is 29.2 Å². The van der Waals surface area contributed by atoms with Crippen LogP contribution >= 0.6 is 0 Å². The Labute approximate surface area is 226 Å². The van der Waals surface area contributed by atoms with Gasteiger partial charge in [-0.15, -0.1) is 0 Å². The van der Waals surface area contributed by atoms with Crippen LogP contribution in [-0.2, 0) is 26.2 Å². The van der Waals surface area contributed by atoms with Crippen LogP contribution in [-0.4, -0.2) is 35.7 Å². The topological polar surface area (TPSA) is 89.6 Å². The van der Waals surface area contributed by atoms with Crippen LogP contribution in [0.3, 0.4) is 0 Å². The number of hydrogen-bond acceptors (Lipinski definition) is 6. The summed E-state index contributed by atoms with van der Waals surface area (Å²) in [6.45, 7) is 13.7. The lowest BCUT2D eigenvalue weighted by Gasteiger charge is -2.69. The number of fused-ring (bicyclic) bond motifs is 8. The Hall–Kier alpha value is -1.95. The molecule has 0 radical (unpaired) electrons. The molecule has 6 nitrogen and oxygen atoms in total. The van der Waals surface area contributed by atoms with Crippen molar-refractivity contribution >= 4 is 11.8 Å². The van der Waals surface area contributed by atoms with E-state index in [0.717, 1.165) is 62.7 Å². The lowest BCUT2D eigenvalue weighted by Crippen LogP contribution is -2.66. The summed E-state index contributed by atoms with van der Waals surface area (Å²) in [7, 11) is 1.51. The Morgan fingerprint density at radius 3 is 2.50 bits per heavy atom. The highest BCUT2D eigenvalue weighted by Gasteiger charge is 2.71. The number of ketones is 1. The summed E-state index contributed by atoms with van der Waals surface area (Å²) in [5.74, 6) is 0.836. The van der Waals surface area contributed by atoms with E-state index in [1.165, 1.54) is 12.7 Å². The first kappa shape index (κ1) is 26.3. The van der Waals surface area contributed by atoms with Gasteiger partial charge < -0.3 is 14.4 Å². The van der Waals surface area contributed by atoms with Gasteiger partial charge in [0, 0.05) is 11.5 Å². The van der Waals surface area contributed by atoms with Crippen molar-refractivity contribution < 1.29 is 24.0 Å². The van der Waals surface area contributed by atoms with E-state index in [0.29, 0.717) is 0 Å². The first-order valence-corrected chi connectivity index (χ1v) is 14.6.